The molecule has 0 atom stereocenters. The number of halogens is 2. The Hall–Kier alpha value is -0.670. The molecule has 0 saturated carbocycles. The third-order valence-corrected chi connectivity index (χ3v) is 7.20. The average molecular weight is 439 g/mol. The SMILES string of the molecule is CCCc1cc([S+]([O-])c2cc(CCC)c(Cl)cc2CCC)c(CCC)cc1Cl. The molecule has 154 valence electrons. The van der Waals surface area contributed by atoms with Crippen molar-refractivity contribution in [1.82, 2.24) is 0 Å². The number of hydrogen-bond donors (Lipinski definition) is 0. The van der Waals surface area contributed by atoms with E-state index in [1.807, 2.05) is 12.1 Å². The Morgan fingerprint density at radius 1 is 0.607 bits per heavy atom. The van der Waals surface area contributed by atoms with Crippen LogP contribution in [0.5, 0.6) is 0 Å². The molecule has 2 aromatic rings. The predicted octanol–water partition coefficient (Wildman–Crippen LogP) is 7.97. The molecule has 28 heavy (non-hydrogen) atoms. The Labute approximate surface area is 184 Å². The van der Waals surface area contributed by atoms with E-state index in [4.69, 9.17) is 23.2 Å². The third kappa shape index (κ3) is 5.69. The van der Waals surface area contributed by atoms with E-state index >= 15 is 0 Å². The van der Waals surface area contributed by atoms with Crippen LogP contribution in [0.3, 0.4) is 0 Å². The van der Waals surface area contributed by atoms with Crippen LogP contribution < -0.4 is 0 Å². The van der Waals surface area contributed by atoms with Crippen LogP contribution in [0.15, 0.2) is 34.1 Å². The molecule has 0 radical (unpaired) electrons. The molecular weight excluding hydrogens is 407 g/mol. The molecule has 0 heterocycles. The zero-order valence-electron chi connectivity index (χ0n) is 17.5. The summed E-state index contributed by atoms with van der Waals surface area (Å²) in [7, 11) is 0. The van der Waals surface area contributed by atoms with Gasteiger partial charge in [-0.25, -0.2) is 0 Å². The van der Waals surface area contributed by atoms with Crippen LogP contribution in [0.1, 0.15) is 75.6 Å². The van der Waals surface area contributed by atoms with Crippen molar-refractivity contribution >= 4 is 34.4 Å². The molecule has 0 unspecified atom stereocenters. The predicted molar refractivity (Wildman–Crippen MR) is 124 cm³/mol. The molecule has 2 rings (SSSR count). The zero-order valence-corrected chi connectivity index (χ0v) is 19.9. The molecule has 0 aliphatic heterocycles. The van der Waals surface area contributed by atoms with Crippen LogP contribution in [0, 0.1) is 0 Å². The molecule has 0 bridgehead atoms. The maximum Gasteiger partial charge on any atom is 0.162 e. The van der Waals surface area contributed by atoms with E-state index in [0.29, 0.717) is 0 Å². The number of benzene rings is 2. The summed E-state index contributed by atoms with van der Waals surface area (Å²) in [5.41, 5.74) is 4.37. The lowest BCUT2D eigenvalue weighted by Crippen LogP contribution is -2.11. The van der Waals surface area contributed by atoms with Crippen molar-refractivity contribution in [2.75, 3.05) is 0 Å². The highest BCUT2D eigenvalue weighted by Crippen LogP contribution is 2.35. The average Bonchev–Trinajstić information content (AvgIpc) is 2.66. The number of rotatable bonds is 10. The van der Waals surface area contributed by atoms with Gasteiger partial charge in [-0.2, -0.15) is 0 Å². The number of hydrogen-bond acceptors (Lipinski definition) is 1. The van der Waals surface area contributed by atoms with Crippen LogP contribution in [0.25, 0.3) is 0 Å². The van der Waals surface area contributed by atoms with Crippen molar-refractivity contribution in [2.24, 2.45) is 0 Å². The first-order chi connectivity index (χ1) is 13.5. The van der Waals surface area contributed by atoms with Gasteiger partial charge < -0.3 is 4.55 Å². The van der Waals surface area contributed by atoms with Gasteiger partial charge in [-0.15, -0.1) is 0 Å². The van der Waals surface area contributed by atoms with Gasteiger partial charge in [0.25, 0.3) is 0 Å². The van der Waals surface area contributed by atoms with Crippen molar-refractivity contribution < 1.29 is 4.55 Å². The van der Waals surface area contributed by atoms with Crippen molar-refractivity contribution in [3.8, 4) is 0 Å². The lowest BCUT2D eigenvalue weighted by Gasteiger charge is -2.19. The second kappa shape index (κ2) is 11.5. The van der Waals surface area contributed by atoms with Crippen molar-refractivity contribution in [3.63, 3.8) is 0 Å². The molecule has 0 aliphatic rings. The molecule has 0 aromatic heterocycles. The molecule has 2 aromatic carbocycles. The molecule has 4 heteroatoms. The first-order valence-electron chi connectivity index (χ1n) is 10.5. The van der Waals surface area contributed by atoms with Gasteiger partial charge in [0.2, 0.25) is 0 Å². The lowest BCUT2D eigenvalue weighted by molar-refractivity contribution is 0.591. The minimum atomic E-state index is -1.23. The topological polar surface area (TPSA) is 23.1 Å². The van der Waals surface area contributed by atoms with E-state index in [9.17, 15) is 4.55 Å². The Balaban J connectivity index is 2.61. The smallest absolute Gasteiger partial charge is 0.162 e. The minimum absolute atomic E-state index is 0.794. The van der Waals surface area contributed by atoms with Crippen LogP contribution in [0.2, 0.25) is 10.0 Å². The highest BCUT2D eigenvalue weighted by molar-refractivity contribution is 7.91. The second-order valence-corrected chi connectivity index (χ2v) is 9.60. The molecule has 0 fully saturated rings. The number of aryl methyl sites for hydroxylation is 4. The quantitative estimate of drug-likeness (QED) is 0.344. The fourth-order valence-electron chi connectivity index (χ4n) is 3.59. The summed E-state index contributed by atoms with van der Waals surface area (Å²) in [5.74, 6) is 0. The van der Waals surface area contributed by atoms with E-state index in [0.717, 1.165) is 93.5 Å². The Morgan fingerprint density at radius 2 is 0.929 bits per heavy atom. The van der Waals surface area contributed by atoms with Gasteiger partial charge >= 0.3 is 0 Å². The lowest BCUT2D eigenvalue weighted by atomic mass is 10.0. The van der Waals surface area contributed by atoms with E-state index in [1.165, 1.54) is 0 Å². The molecule has 0 spiro atoms. The summed E-state index contributed by atoms with van der Waals surface area (Å²) in [6.45, 7) is 8.57. The van der Waals surface area contributed by atoms with Gasteiger partial charge in [-0.3, -0.25) is 0 Å². The van der Waals surface area contributed by atoms with Crippen molar-refractivity contribution in [1.29, 1.82) is 0 Å². The molecule has 1 nitrogen and oxygen atoms in total. The monoisotopic (exact) mass is 438 g/mol. The Bertz CT molecular complexity index is 723. The highest BCUT2D eigenvalue weighted by atomic mass is 35.5. The first kappa shape index (κ1) is 23.6. The van der Waals surface area contributed by atoms with E-state index in [1.54, 1.807) is 0 Å². The maximum absolute atomic E-state index is 13.8. The maximum atomic E-state index is 13.8. The van der Waals surface area contributed by atoms with Gasteiger partial charge in [-0.1, -0.05) is 76.6 Å². The van der Waals surface area contributed by atoms with Crippen molar-refractivity contribution in [2.45, 2.75) is 88.9 Å². The molecule has 0 saturated heterocycles. The first-order valence-corrected chi connectivity index (χ1v) is 12.4. The standard InChI is InChI=1S/C24H32Cl2OS/c1-5-9-17-15-23(19(11-7-3)13-21(17)25)28(27)24-16-18(10-6-2)22(26)14-20(24)12-8-4/h13-16H,5-12H2,1-4H3. The summed E-state index contributed by atoms with van der Waals surface area (Å²) >= 11 is 11.8. The van der Waals surface area contributed by atoms with Crippen LogP contribution in [-0.4, -0.2) is 4.55 Å². The second-order valence-electron chi connectivity index (χ2n) is 7.37. The Morgan fingerprint density at radius 3 is 1.25 bits per heavy atom. The van der Waals surface area contributed by atoms with Gasteiger partial charge in [0.05, 0.1) is 0 Å². The van der Waals surface area contributed by atoms with Crippen LogP contribution in [-0.2, 0) is 36.9 Å². The van der Waals surface area contributed by atoms with Crippen molar-refractivity contribution in [3.05, 3.63) is 56.6 Å². The highest BCUT2D eigenvalue weighted by Gasteiger charge is 2.25. The summed E-state index contributed by atoms with van der Waals surface area (Å²) in [6, 6.07) is 8.23. The van der Waals surface area contributed by atoms with Gasteiger partial charge in [-0.05, 0) is 61.1 Å². The third-order valence-electron chi connectivity index (χ3n) is 4.94. The fourth-order valence-corrected chi connectivity index (χ4v) is 5.68. The fraction of sp³-hybridized carbons (Fsp3) is 0.500. The molecule has 0 N–H and O–H groups in total. The van der Waals surface area contributed by atoms with E-state index < -0.39 is 11.2 Å². The normalized spacial score (nSPS) is 11.4. The molecule has 0 amide bonds. The summed E-state index contributed by atoms with van der Waals surface area (Å²) in [4.78, 5) is 1.83. The molecule has 0 aliphatic carbocycles. The van der Waals surface area contributed by atoms with Crippen LogP contribution >= 0.6 is 23.2 Å². The molecular formula is C24H32Cl2OS. The largest absolute Gasteiger partial charge is 0.606 e. The summed E-state index contributed by atoms with van der Waals surface area (Å²) in [6.07, 6.45) is 7.59. The van der Waals surface area contributed by atoms with Gasteiger partial charge in [0.15, 0.2) is 9.79 Å². The van der Waals surface area contributed by atoms with Gasteiger partial charge in [0, 0.05) is 32.3 Å². The summed E-state index contributed by atoms with van der Waals surface area (Å²) in [5, 5.41) is 1.59. The summed E-state index contributed by atoms with van der Waals surface area (Å²) < 4.78 is 13.8. The Kier molecular flexibility index (Phi) is 9.69. The van der Waals surface area contributed by atoms with Gasteiger partial charge in [0.1, 0.15) is 0 Å². The van der Waals surface area contributed by atoms with E-state index in [2.05, 4.69) is 39.8 Å². The van der Waals surface area contributed by atoms with Crippen LogP contribution in [0.4, 0.5) is 0 Å². The minimum Gasteiger partial charge on any atom is -0.606 e. The van der Waals surface area contributed by atoms with E-state index in [-0.39, 0.29) is 0 Å². The zero-order chi connectivity index (χ0) is 20.7.